The van der Waals surface area contributed by atoms with Gasteiger partial charge in [0.25, 0.3) is 17.7 Å². The highest BCUT2D eigenvalue weighted by Gasteiger charge is 2.29. The number of nitrogens with two attached hydrogens (primary N) is 9. The van der Waals surface area contributed by atoms with Gasteiger partial charge < -0.3 is 86.5 Å². The van der Waals surface area contributed by atoms with E-state index >= 15 is 0 Å². The minimum absolute atomic E-state index is 0.00385. The molecule has 0 unspecified atom stereocenters. The number of carbonyl (C=O) groups excluding carboxylic acids is 8. The molecule has 3 amide bonds. The number of Topliss-reactive ketones (excluding diaryl/α,β-unsaturated/α-hetero) is 5. The minimum atomic E-state index is -1.17. The van der Waals surface area contributed by atoms with Gasteiger partial charge in [0.15, 0.2) is 52.8 Å². The summed E-state index contributed by atoms with van der Waals surface area (Å²) in [4.78, 5) is 127. The molecule has 4 aromatic rings. The summed E-state index contributed by atoms with van der Waals surface area (Å²) in [5.74, 6) is -3.81. The number of carbonyl (C=O) groups is 8. The molecule has 0 aliphatic heterocycles. The van der Waals surface area contributed by atoms with E-state index in [4.69, 9.17) is 70.6 Å². The van der Waals surface area contributed by atoms with Crippen LogP contribution in [0.25, 0.3) is 0 Å². The molecule has 480 valence electrons. The molecule has 0 fully saturated rings. The van der Waals surface area contributed by atoms with Crippen molar-refractivity contribution < 1.29 is 57.3 Å². The molecule has 0 spiro atoms. The summed E-state index contributed by atoms with van der Waals surface area (Å²) in [5.41, 5.74) is 52.3. The maximum Gasteiger partial charge on any atom is 0.255 e. The Balaban J connectivity index is 1.60. The maximum atomic E-state index is 14.5. The van der Waals surface area contributed by atoms with Crippen LogP contribution in [-0.2, 0) is 44.9 Å². The molecule has 28 nitrogen and oxygen atoms in total. The highest BCUT2D eigenvalue weighted by Crippen LogP contribution is 2.27. The quantitative estimate of drug-likeness (QED) is 0.0124. The predicted octanol–water partition coefficient (Wildman–Crippen LogP) is 0.307. The van der Waals surface area contributed by atoms with Crippen molar-refractivity contribution in [2.24, 2.45) is 71.6 Å². The largest absolute Gasteiger partial charge is 0.496 e. The molecule has 0 bridgehead atoms. The van der Waals surface area contributed by atoms with E-state index in [2.05, 4.69) is 35.9 Å². The number of amides is 3. The Morgan fingerprint density at radius 3 is 0.888 bits per heavy atom. The normalized spacial score (nSPS) is 12.1. The van der Waals surface area contributed by atoms with Crippen molar-refractivity contribution >= 4 is 70.5 Å². The number of hydrogen-bond donors (Lipinski definition) is 12. The van der Waals surface area contributed by atoms with Crippen molar-refractivity contribution in [1.29, 1.82) is 0 Å². The summed E-state index contributed by atoms with van der Waals surface area (Å²) in [5, 5.41) is 8.45. The number of nitrogens with one attached hydrogen (secondary N) is 3. The van der Waals surface area contributed by atoms with Crippen molar-refractivity contribution in [3.8, 4) is 23.0 Å². The predicted molar refractivity (Wildman–Crippen MR) is 338 cm³/mol. The fourth-order valence-electron chi connectivity index (χ4n) is 9.41. The summed E-state index contributed by atoms with van der Waals surface area (Å²) in [6, 6.07) is 14.3. The lowest BCUT2D eigenvalue weighted by atomic mass is 9.96. The van der Waals surface area contributed by atoms with E-state index in [0.717, 1.165) is 0 Å². The van der Waals surface area contributed by atoms with Crippen LogP contribution in [0.1, 0.15) is 122 Å². The van der Waals surface area contributed by atoms with Crippen LogP contribution in [0.4, 0.5) is 0 Å². The third-order valence-corrected chi connectivity index (χ3v) is 14.0. The van der Waals surface area contributed by atoms with E-state index in [-0.39, 0.29) is 158 Å². The Morgan fingerprint density at radius 1 is 0.382 bits per heavy atom. The lowest BCUT2D eigenvalue weighted by Crippen LogP contribution is -2.42. The highest BCUT2D eigenvalue weighted by molar-refractivity contribution is 6.04. The Labute approximate surface area is 516 Å². The summed E-state index contributed by atoms with van der Waals surface area (Å²) in [6.45, 7) is 2.08. The lowest BCUT2D eigenvalue weighted by Gasteiger charge is -2.21. The summed E-state index contributed by atoms with van der Waals surface area (Å²) in [6.07, 6.45) is 1.02. The SMILES string of the molecule is COc1ccc(CC(=O)[C@@H](CCCN=C(N)N)NC(=O)c2cc(CC(=O)[C@@H](CCCN=C(N)N)NC(=O)c3cc(CC(=O)[C@@H](CCCN=C(N)N)NC(=O)c4cc(CC(=O)[C@H](N)CCCN=C(N)N)ccc4OC)ccc3OC)ccc2OC)cc1C(C)=O. The smallest absolute Gasteiger partial charge is 0.255 e. The van der Waals surface area contributed by atoms with Gasteiger partial charge in [0.2, 0.25) is 0 Å². The first-order chi connectivity index (χ1) is 42.4. The topological polar surface area (TPSA) is 493 Å². The molecule has 0 aliphatic rings. The van der Waals surface area contributed by atoms with Gasteiger partial charge in [-0.3, -0.25) is 58.3 Å². The first-order valence-electron chi connectivity index (χ1n) is 28.6. The molecule has 0 saturated heterocycles. The van der Waals surface area contributed by atoms with Gasteiger partial charge in [-0.15, -0.1) is 0 Å². The Kier molecular flexibility index (Phi) is 29.0. The van der Waals surface area contributed by atoms with Crippen molar-refractivity contribution in [1.82, 2.24) is 16.0 Å². The monoisotopic (exact) mass is 1230 g/mol. The maximum absolute atomic E-state index is 14.5. The van der Waals surface area contributed by atoms with E-state index in [1.807, 2.05) is 0 Å². The molecule has 21 N–H and O–H groups in total. The number of ether oxygens (including phenoxy) is 4. The molecule has 4 atom stereocenters. The number of nitrogens with zero attached hydrogens (tertiary/aromatic N) is 4. The van der Waals surface area contributed by atoms with Crippen LogP contribution in [0, 0.1) is 0 Å². The van der Waals surface area contributed by atoms with Crippen LogP contribution in [0.3, 0.4) is 0 Å². The van der Waals surface area contributed by atoms with E-state index in [1.54, 1.807) is 36.4 Å². The van der Waals surface area contributed by atoms with Gasteiger partial charge in [-0.2, -0.15) is 0 Å². The van der Waals surface area contributed by atoms with Gasteiger partial charge in [-0.05, 0) is 129 Å². The first kappa shape index (κ1) is 71.4. The zero-order chi connectivity index (χ0) is 65.7. The highest BCUT2D eigenvalue weighted by atomic mass is 16.5. The van der Waals surface area contributed by atoms with Crippen molar-refractivity contribution in [2.75, 3.05) is 54.6 Å². The molecule has 4 aromatic carbocycles. The molecule has 89 heavy (non-hydrogen) atoms. The van der Waals surface area contributed by atoms with Crippen molar-refractivity contribution in [3.05, 3.63) is 117 Å². The number of aliphatic imine (C=N–C) groups is 4. The van der Waals surface area contributed by atoms with E-state index in [1.165, 1.54) is 71.8 Å². The molecular formula is C61H84N16O12. The van der Waals surface area contributed by atoms with Crippen LogP contribution in [-0.4, -0.2) is 149 Å². The zero-order valence-electron chi connectivity index (χ0n) is 50.9. The van der Waals surface area contributed by atoms with Gasteiger partial charge in [-0.1, -0.05) is 24.3 Å². The Bertz CT molecular complexity index is 3280. The zero-order valence-corrected chi connectivity index (χ0v) is 50.9. The molecular weight excluding hydrogens is 1150 g/mol. The van der Waals surface area contributed by atoms with Crippen molar-refractivity contribution in [3.63, 3.8) is 0 Å². The van der Waals surface area contributed by atoms with Crippen LogP contribution < -0.4 is 86.5 Å². The van der Waals surface area contributed by atoms with Gasteiger partial charge in [0.05, 0.1) is 74.9 Å². The third kappa shape index (κ3) is 23.6. The summed E-state index contributed by atoms with van der Waals surface area (Å²) >= 11 is 0. The Morgan fingerprint density at radius 2 is 0.629 bits per heavy atom. The second-order valence-corrected chi connectivity index (χ2v) is 20.7. The first-order valence-corrected chi connectivity index (χ1v) is 28.6. The standard InChI is InChI=1S/C61H84N16O12/c1-34(78)39-26-35(14-18-51(39)86-2)31-48(80)44(11-7-23-72-59(65)66)75-56(84)41-28-37(16-20-53(41)88-4)33-50(82)46(13-9-25-74-61(69)70)77-57(85)42-29-38(17-21-54(42)89-5)32-49(81)45(12-8-24-73-60(67)68)76-55(83)40-27-36(15-19-52(40)87-3)30-47(79)43(62)10-6-22-71-58(63)64/h14-21,26-29,43-46H,6-13,22-25,30-33,62H2,1-5H3,(H,75,84)(H,76,83)(H,77,85)(H4,63,64,71)(H4,65,66,72)(H4,67,68,73)(H4,69,70,74)/t43-,44-,45-,46-/m1/s1. The number of hydrogen-bond acceptors (Lipinski definition) is 17. The number of methoxy groups -OCH3 is 4. The number of rotatable bonds is 39. The van der Waals surface area contributed by atoms with Gasteiger partial charge in [0, 0.05) is 51.9 Å². The summed E-state index contributed by atoms with van der Waals surface area (Å²) < 4.78 is 22.0. The second kappa shape index (κ2) is 36.1. The average molecular weight is 1230 g/mol. The number of guanidine groups is 4. The molecule has 0 aromatic heterocycles. The number of ketones is 5. The van der Waals surface area contributed by atoms with Gasteiger partial charge in [0.1, 0.15) is 23.0 Å². The fraction of sp³-hybridized carbons (Fsp3) is 0.410. The minimum Gasteiger partial charge on any atom is -0.496 e. The van der Waals surface area contributed by atoms with E-state index in [0.29, 0.717) is 53.8 Å². The van der Waals surface area contributed by atoms with Crippen LogP contribution in [0.5, 0.6) is 23.0 Å². The van der Waals surface area contributed by atoms with Gasteiger partial charge >= 0.3 is 0 Å². The molecule has 28 heteroatoms. The molecule has 0 heterocycles. The molecule has 4 rings (SSSR count). The van der Waals surface area contributed by atoms with Gasteiger partial charge in [-0.25, -0.2) is 0 Å². The molecule has 0 radical (unpaired) electrons. The van der Waals surface area contributed by atoms with Crippen LogP contribution >= 0.6 is 0 Å². The lowest BCUT2D eigenvalue weighted by molar-refractivity contribution is -0.121. The number of benzene rings is 4. The molecule has 0 aliphatic carbocycles. The molecule has 0 saturated carbocycles. The van der Waals surface area contributed by atoms with E-state index in [9.17, 15) is 38.4 Å². The van der Waals surface area contributed by atoms with Crippen LogP contribution in [0.2, 0.25) is 0 Å². The van der Waals surface area contributed by atoms with E-state index < -0.39 is 53.5 Å². The van der Waals surface area contributed by atoms with Crippen LogP contribution in [0.15, 0.2) is 92.8 Å². The summed E-state index contributed by atoms with van der Waals surface area (Å²) in [7, 11) is 5.49. The fourth-order valence-corrected chi connectivity index (χ4v) is 9.41. The Hall–Kier alpha value is -10.1. The average Bonchev–Trinajstić information content (AvgIpc) is 2.33. The van der Waals surface area contributed by atoms with Crippen molar-refractivity contribution in [2.45, 2.75) is 108 Å². The third-order valence-electron chi connectivity index (χ3n) is 14.0. The second-order valence-electron chi connectivity index (χ2n) is 20.7.